The summed E-state index contributed by atoms with van der Waals surface area (Å²) in [6, 6.07) is 10.6. The van der Waals surface area contributed by atoms with Gasteiger partial charge in [0, 0.05) is 17.6 Å². The minimum absolute atomic E-state index is 0.151. The van der Waals surface area contributed by atoms with Gasteiger partial charge in [-0.05, 0) is 35.9 Å². The minimum Gasteiger partial charge on any atom is -0.497 e. The Balaban J connectivity index is 2.04. The molecule has 2 aromatic rings. The fourth-order valence-corrected chi connectivity index (χ4v) is 1.91. The van der Waals surface area contributed by atoms with Gasteiger partial charge in [0.2, 0.25) is 0 Å². The van der Waals surface area contributed by atoms with Crippen LogP contribution in [0.2, 0.25) is 0 Å². The Morgan fingerprint density at radius 3 is 2.50 bits per heavy atom. The molecule has 0 bridgehead atoms. The monoisotopic (exact) mass is 303 g/mol. The number of carbonyl (C=O) groups excluding carboxylic acids is 1. The van der Waals surface area contributed by atoms with E-state index in [0.29, 0.717) is 0 Å². The van der Waals surface area contributed by atoms with Gasteiger partial charge in [-0.3, -0.25) is 4.79 Å². The summed E-state index contributed by atoms with van der Waals surface area (Å²) in [6.45, 7) is 0.289. The van der Waals surface area contributed by atoms with Crippen molar-refractivity contribution in [3.8, 4) is 5.75 Å². The van der Waals surface area contributed by atoms with Crippen molar-refractivity contribution in [1.29, 1.82) is 0 Å². The topological polar surface area (TPSA) is 78.8 Å². The van der Waals surface area contributed by atoms with Gasteiger partial charge >= 0.3 is 7.12 Å². The summed E-state index contributed by atoms with van der Waals surface area (Å²) in [6.07, 6.45) is 0. The van der Waals surface area contributed by atoms with E-state index in [4.69, 9.17) is 14.8 Å². The van der Waals surface area contributed by atoms with Gasteiger partial charge in [-0.2, -0.15) is 0 Å². The average molecular weight is 303 g/mol. The second-order valence-electron chi connectivity index (χ2n) is 4.64. The molecule has 0 aromatic heterocycles. The van der Waals surface area contributed by atoms with E-state index in [1.165, 1.54) is 6.07 Å². The maximum Gasteiger partial charge on any atom is 0.491 e. The van der Waals surface area contributed by atoms with Crippen molar-refractivity contribution in [3.63, 3.8) is 0 Å². The van der Waals surface area contributed by atoms with Crippen LogP contribution in [0.5, 0.6) is 5.75 Å². The summed E-state index contributed by atoms with van der Waals surface area (Å²) in [7, 11) is -0.396. The lowest BCUT2D eigenvalue weighted by molar-refractivity contribution is 0.0951. The molecular weight excluding hydrogens is 288 g/mol. The van der Waals surface area contributed by atoms with Crippen LogP contribution in [0.25, 0.3) is 0 Å². The van der Waals surface area contributed by atoms with Gasteiger partial charge in [0.15, 0.2) is 0 Å². The van der Waals surface area contributed by atoms with Crippen LogP contribution in [-0.2, 0) is 6.54 Å². The molecule has 0 fully saturated rings. The van der Waals surface area contributed by atoms with Crippen LogP contribution in [0.1, 0.15) is 15.9 Å². The zero-order valence-corrected chi connectivity index (χ0v) is 11.9. The maximum absolute atomic E-state index is 13.3. The number of methoxy groups -OCH3 is 1. The summed E-state index contributed by atoms with van der Waals surface area (Å²) in [5.41, 5.74) is 0.689. The molecule has 0 aliphatic carbocycles. The number of benzene rings is 2. The first-order chi connectivity index (χ1) is 10.5. The van der Waals surface area contributed by atoms with Crippen LogP contribution >= 0.6 is 0 Å². The van der Waals surface area contributed by atoms with Crippen LogP contribution in [0.4, 0.5) is 4.39 Å². The normalized spacial score (nSPS) is 10.2. The Hall–Kier alpha value is -2.38. The Morgan fingerprint density at radius 2 is 1.91 bits per heavy atom. The number of rotatable bonds is 5. The molecule has 2 aromatic carbocycles. The second-order valence-corrected chi connectivity index (χ2v) is 4.64. The van der Waals surface area contributed by atoms with Crippen molar-refractivity contribution >= 4 is 18.5 Å². The number of halogens is 1. The molecule has 0 atom stereocenters. The fraction of sp³-hybridized carbons (Fsp3) is 0.133. The first-order valence-electron chi connectivity index (χ1n) is 6.58. The number of amides is 1. The fourth-order valence-electron chi connectivity index (χ4n) is 1.91. The first kappa shape index (κ1) is 16.0. The van der Waals surface area contributed by atoms with Gasteiger partial charge in [-0.1, -0.05) is 12.1 Å². The quantitative estimate of drug-likeness (QED) is 0.701. The smallest absolute Gasteiger partial charge is 0.491 e. The molecule has 0 heterocycles. The molecule has 114 valence electrons. The lowest BCUT2D eigenvalue weighted by Crippen LogP contribution is -2.34. The number of carbonyl (C=O) groups is 1. The molecule has 7 heteroatoms. The second kappa shape index (κ2) is 7.06. The van der Waals surface area contributed by atoms with E-state index < -0.39 is 18.8 Å². The number of nitrogens with one attached hydrogen (secondary N) is 1. The van der Waals surface area contributed by atoms with Gasteiger partial charge in [0.1, 0.15) is 11.6 Å². The Labute approximate surface area is 127 Å². The van der Waals surface area contributed by atoms with Crippen LogP contribution < -0.4 is 15.5 Å². The minimum atomic E-state index is -1.96. The summed E-state index contributed by atoms with van der Waals surface area (Å²) >= 11 is 0. The van der Waals surface area contributed by atoms with E-state index in [2.05, 4.69) is 5.32 Å². The highest BCUT2D eigenvalue weighted by Crippen LogP contribution is 2.11. The number of ether oxygens (including phenoxy) is 1. The molecule has 5 nitrogen and oxygen atoms in total. The van der Waals surface area contributed by atoms with Gasteiger partial charge < -0.3 is 20.1 Å². The average Bonchev–Trinajstić information content (AvgIpc) is 2.53. The summed E-state index contributed by atoms with van der Waals surface area (Å²) in [5, 5.41) is 20.8. The van der Waals surface area contributed by atoms with Gasteiger partial charge in [0.25, 0.3) is 5.91 Å². The molecule has 0 unspecified atom stereocenters. The van der Waals surface area contributed by atoms with Crippen LogP contribution in [0.15, 0.2) is 42.5 Å². The van der Waals surface area contributed by atoms with E-state index in [1.54, 1.807) is 19.2 Å². The molecule has 0 radical (unpaired) electrons. The van der Waals surface area contributed by atoms with Crippen molar-refractivity contribution < 1.29 is 24.0 Å². The van der Waals surface area contributed by atoms with E-state index in [1.807, 2.05) is 12.1 Å². The highest BCUT2D eigenvalue weighted by atomic mass is 19.1. The number of hydrogen-bond acceptors (Lipinski definition) is 4. The third kappa shape index (κ3) is 3.84. The zero-order chi connectivity index (χ0) is 16.1. The highest BCUT2D eigenvalue weighted by molar-refractivity contribution is 6.58. The van der Waals surface area contributed by atoms with Gasteiger partial charge in [0.05, 0.1) is 7.11 Å². The molecule has 0 spiro atoms. The highest BCUT2D eigenvalue weighted by Gasteiger charge is 2.18. The van der Waals surface area contributed by atoms with Crippen molar-refractivity contribution in [2.75, 3.05) is 7.11 Å². The molecular formula is C15H15BFNO4. The number of hydrogen-bond donors (Lipinski definition) is 3. The summed E-state index contributed by atoms with van der Waals surface area (Å²) < 4.78 is 18.4. The first-order valence-corrected chi connectivity index (χ1v) is 6.58. The Morgan fingerprint density at radius 1 is 1.23 bits per heavy atom. The third-order valence-electron chi connectivity index (χ3n) is 3.15. The Kier molecular flexibility index (Phi) is 5.14. The lowest BCUT2D eigenvalue weighted by atomic mass is 9.79. The maximum atomic E-state index is 13.3. The standard InChI is InChI=1S/C15H15BFNO4/c1-22-12-5-2-10(3-6-12)9-18-15(19)11-4-7-14(17)13(8-11)16(20)21/h2-8,20-21H,9H2,1H3,(H,18,19). The van der Waals surface area contributed by atoms with Crippen molar-refractivity contribution in [1.82, 2.24) is 5.32 Å². The third-order valence-corrected chi connectivity index (χ3v) is 3.15. The molecule has 2 rings (SSSR count). The molecule has 0 saturated heterocycles. The molecule has 0 aliphatic rings. The lowest BCUT2D eigenvalue weighted by Gasteiger charge is -2.08. The summed E-state index contributed by atoms with van der Waals surface area (Å²) in [4.78, 5) is 12.0. The van der Waals surface area contributed by atoms with E-state index in [0.717, 1.165) is 23.4 Å². The van der Waals surface area contributed by atoms with E-state index in [9.17, 15) is 9.18 Å². The van der Waals surface area contributed by atoms with Crippen molar-refractivity contribution in [2.45, 2.75) is 6.54 Å². The van der Waals surface area contributed by atoms with Crippen LogP contribution in [0, 0.1) is 5.82 Å². The Bertz CT molecular complexity index is 661. The van der Waals surface area contributed by atoms with E-state index >= 15 is 0 Å². The largest absolute Gasteiger partial charge is 0.497 e. The SMILES string of the molecule is COc1ccc(CNC(=O)c2ccc(F)c(B(O)O)c2)cc1. The molecule has 22 heavy (non-hydrogen) atoms. The molecule has 0 aliphatic heterocycles. The van der Waals surface area contributed by atoms with Gasteiger partial charge in [-0.25, -0.2) is 4.39 Å². The zero-order valence-electron chi connectivity index (χ0n) is 11.9. The molecule has 3 N–H and O–H groups in total. The molecule has 1 amide bonds. The molecule has 0 saturated carbocycles. The predicted octanol–water partition coefficient (Wildman–Crippen LogP) is 0.444. The van der Waals surface area contributed by atoms with Gasteiger partial charge in [-0.15, -0.1) is 0 Å². The summed E-state index contributed by atoms with van der Waals surface area (Å²) in [5.74, 6) is -0.491. The predicted molar refractivity (Wildman–Crippen MR) is 80.4 cm³/mol. The van der Waals surface area contributed by atoms with E-state index in [-0.39, 0.29) is 17.6 Å². The van der Waals surface area contributed by atoms with Crippen molar-refractivity contribution in [3.05, 3.63) is 59.4 Å². The van der Waals surface area contributed by atoms with Crippen LogP contribution in [0.3, 0.4) is 0 Å². The van der Waals surface area contributed by atoms with Crippen molar-refractivity contribution in [2.24, 2.45) is 0 Å². The van der Waals surface area contributed by atoms with Crippen LogP contribution in [-0.4, -0.2) is 30.2 Å².